The summed E-state index contributed by atoms with van der Waals surface area (Å²) in [4.78, 5) is 0. The van der Waals surface area contributed by atoms with Crippen LogP contribution in [0.5, 0.6) is 11.5 Å². The number of hydrogen-bond donors (Lipinski definition) is 1. The molecule has 1 aliphatic rings. The van der Waals surface area contributed by atoms with Crippen molar-refractivity contribution in [1.82, 2.24) is 5.32 Å². The van der Waals surface area contributed by atoms with Gasteiger partial charge in [0.15, 0.2) is 0 Å². The van der Waals surface area contributed by atoms with Gasteiger partial charge in [0.05, 0.1) is 4.47 Å². The van der Waals surface area contributed by atoms with Gasteiger partial charge in [0.1, 0.15) is 23.1 Å². The first-order valence-corrected chi connectivity index (χ1v) is 7.56. The molecule has 0 aliphatic heterocycles. The van der Waals surface area contributed by atoms with E-state index in [0.717, 1.165) is 12.8 Å². The predicted octanol–water partition coefficient (Wildman–Crippen LogP) is 4.77. The number of halogens is 3. The summed E-state index contributed by atoms with van der Waals surface area (Å²) in [5.74, 6) is -0.00171. The van der Waals surface area contributed by atoms with Crippen LogP contribution in [0, 0.1) is 11.6 Å². The minimum atomic E-state index is -0.401. The van der Waals surface area contributed by atoms with Gasteiger partial charge in [-0.1, -0.05) is 6.07 Å². The molecule has 3 rings (SSSR count). The zero-order chi connectivity index (χ0) is 14.8. The third-order valence-electron chi connectivity index (χ3n) is 3.33. The van der Waals surface area contributed by atoms with Crippen LogP contribution in [0.15, 0.2) is 40.9 Å². The van der Waals surface area contributed by atoms with Crippen LogP contribution in [0.3, 0.4) is 0 Å². The highest BCUT2D eigenvalue weighted by atomic mass is 79.9. The zero-order valence-electron chi connectivity index (χ0n) is 11.2. The molecule has 5 heteroatoms. The quantitative estimate of drug-likeness (QED) is 0.835. The van der Waals surface area contributed by atoms with Crippen molar-refractivity contribution in [3.8, 4) is 11.5 Å². The Morgan fingerprint density at radius 1 is 1.14 bits per heavy atom. The van der Waals surface area contributed by atoms with Crippen LogP contribution in [-0.2, 0) is 6.54 Å². The maximum Gasteiger partial charge on any atom is 0.144 e. The zero-order valence-corrected chi connectivity index (χ0v) is 12.8. The number of nitrogens with one attached hydrogen (secondary N) is 1. The summed E-state index contributed by atoms with van der Waals surface area (Å²) < 4.78 is 33.6. The van der Waals surface area contributed by atoms with Gasteiger partial charge in [-0.3, -0.25) is 0 Å². The van der Waals surface area contributed by atoms with Gasteiger partial charge in [0.25, 0.3) is 0 Å². The van der Waals surface area contributed by atoms with Crippen molar-refractivity contribution in [2.45, 2.75) is 25.4 Å². The molecule has 0 radical (unpaired) electrons. The van der Waals surface area contributed by atoms with E-state index in [1.807, 2.05) is 0 Å². The van der Waals surface area contributed by atoms with Crippen molar-refractivity contribution in [3.63, 3.8) is 0 Å². The third kappa shape index (κ3) is 3.60. The second-order valence-electron chi connectivity index (χ2n) is 5.05. The molecule has 2 aromatic carbocycles. The summed E-state index contributed by atoms with van der Waals surface area (Å²) in [6.45, 7) is 0.402. The molecule has 1 fully saturated rings. The Morgan fingerprint density at radius 2 is 1.95 bits per heavy atom. The van der Waals surface area contributed by atoms with E-state index in [9.17, 15) is 8.78 Å². The molecule has 21 heavy (non-hydrogen) atoms. The van der Waals surface area contributed by atoms with E-state index in [4.69, 9.17) is 4.74 Å². The van der Waals surface area contributed by atoms with E-state index >= 15 is 0 Å². The lowest BCUT2D eigenvalue weighted by Crippen LogP contribution is -2.16. The lowest BCUT2D eigenvalue weighted by atomic mass is 10.2. The van der Waals surface area contributed by atoms with Crippen molar-refractivity contribution in [2.24, 2.45) is 0 Å². The highest BCUT2D eigenvalue weighted by Gasteiger charge is 2.22. The van der Waals surface area contributed by atoms with Crippen LogP contribution in [0.25, 0.3) is 0 Å². The molecule has 0 aromatic heterocycles. The van der Waals surface area contributed by atoms with Gasteiger partial charge in [-0.05, 0) is 53.0 Å². The smallest absolute Gasteiger partial charge is 0.144 e. The normalized spacial score (nSPS) is 14.2. The Bertz CT molecular complexity index is 659. The van der Waals surface area contributed by atoms with Gasteiger partial charge in [-0.25, -0.2) is 8.78 Å². The van der Waals surface area contributed by atoms with E-state index in [-0.39, 0.29) is 5.82 Å². The van der Waals surface area contributed by atoms with Crippen LogP contribution in [-0.4, -0.2) is 6.04 Å². The molecule has 0 heterocycles. The highest BCUT2D eigenvalue weighted by Crippen LogP contribution is 2.33. The second-order valence-corrected chi connectivity index (χ2v) is 5.90. The lowest BCUT2D eigenvalue weighted by Gasteiger charge is -2.13. The molecule has 0 atom stereocenters. The lowest BCUT2D eigenvalue weighted by molar-refractivity contribution is 0.455. The fourth-order valence-electron chi connectivity index (χ4n) is 2.01. The molecular weight excluding hydrogens is 340 g/mol. The Labute approximate surface area is 130 Å². The van der Waals surface area contributed by atoms with Crippen LogP contribution < -0.4 is 10.1 Å². The van der Waals surface area contributed by atoms with Crippen molar-refractivity contribution < 1.29 is 13.5 Å². The molecule has 2 aromatic rings. The first-order valence-electron chi connectivity index (χ1n) is 6.77. The predicted molar refractivity (Wildman–Crippen MR) is 80.4 cm³/mol. The first kappa shape index (κ1) is 14.5. The Balaban J connectivity index is 1.86. The number of hydrogen-bond acceptors (Lipinski definition) is 2. The molecule has 0 saturated heterocycles. The molecule has 0 bridgehead atoms. The second kappa shape index (κ2) is 6.12. The number of benzene rings is 2. The van der Waals surface area contributed by atoms with Gasteiger partial charge in [0.2, 0.25) is 0 Å². The number of rotatable bonds is 5. The third-order valence-corrected chi connectivity index (χ3v) is 3.99. The summed E-state index contributed by atoms with van der Waals surface area (Å²) in [6, 6.07) is 9.30. The average molecular weight is 354 g/mol. The van der Waals surface area contributed by atoms with Gasteiger partial charge < -0.3 is 10.1 Å². The summed E-state index contributed by atoms with van der Waals surface area (Å²) in [5, 5.41) is 3.26. The highest BCUT2D eigenvalue weighted by molar-refractivity contribution is 9.10. The first-order chi connectivity index (χ1) is 10.1. The Hall–Kier alpha value is -1.46. The summed E-state index contributed by atoms with van der Waals surface area (Å²) in [6.07, 6.45) is 2.25. The average Bonchev–Trinajstić information content (AvgIpc) is 3.26. The summed E-state index contributed by atoms with van der Waals surface area (Å²) >= 11 is 3.30. The number of ether oxygens (including phenoxy) is 1. The SMILES string of the molecule is Fc1ccc(Br)c(Oc2cccc(F)c2CNC2CC2)c1. The molecule has 2 nitrogen and oxygen atoms in total. The van der Waals surface area contributed by atoms with Crippen molar-refractivity contribution in [1.29, 1.82) is 0 Å². The van der Waals surface area contributed by atoms with E-state index in [1.54, 1.807) is 18.2 Å². The minimum absolute atomic E-state index is 0.326. The topological polar surface area (TPSA) is 21.3 Å². The standard InChI is InChI=1S/C16H14BrF2NO/c17-13-7-4-10(18)8-16(13)21-15-3-1-2-14(19)12(15)9-20-11-5-6-11/h1-4,7-8,11,20H,5-6,9H2. The fraction of sp³-hybridized carbons (Fsp3) is 0.250. The molecule has 0 spiro atoms. The van der Waals surface area contributed by atoms with Gasteiger partial charge in [-0.2, -0.15) is 0 Å². The van der Waals surface area contributed by atoms with Crippen LogP contribution in [0.1, 0.15) is 18.4 Å². The molecule has 1 aliphatic carbocycles. The molecule has 0 unspecified atom stereocenters. The molecule has 0 amide bonds. The monoisotopic (exact) mass is 353 g/mol. The molecule has 1 saturated carbocycles. The van der Waals surface area contributed by atoms with Crippen molar-refractivity contribution in [2.75, 3.05) is 0 Å². The van der Waals surface area contributed by atoms with E-state index < -0.39 is 5.82 Å². The largest absolute Gasteiger partial charge is 0.456 e. The van der Waals surface area contributed by atoms with E-state index in [1.165, 1.54) is 18.2 Å². The van der Waals surface area contributed by atoms with Crippen LogP contribution in [0.2, 0.25) is 0 Å². The van der Waals surface area contributed by atoms with Crippen molar-refractivity contribution >= 4 is 15.9 Å². The molecular formula is C16H14BrF2NO. The summed E-state index contributed by atoms with van der Waals surface area (Å²) in [5.41, 5.74) is 0.459. The summed E-state index contributed by atoms with van der Waals surface area (Å²) in [7, 11) is 0. The van der Waals surface area contributed by atoms with Crippen LogP contribution >= 0.6 is 15.9 Å². The van der Waals surface area contributed by atoms with Crippen molar-refractivity contribution in [3.05, 3.63) is 58.1 Å². The van der Waals surface area contributed by atoms with E-state index in [0.29, 0.717) is 34.1 Å². The van der Waals surface area contributed by atoms with Crippen LogP contribution in [0.4, 0.5) is 8.78 Å². The van der Waals surface area contributed by atoms with Gasteiger partial charge >= 0.3 is 0 Å². The Morgan fingerprint density at radius 3 is 2.71 bits per heavy atom. The molecule has 110 valence electrons. The van der Waals surface area contributed by atoms with E-state index in [2.05, 4.69) is 21.2 Å². The fourth-order valence-corrected chi connectivity index (χ4v) is 2.34. The minimum Gasteiger partial charge on any atom is -0.456 e. The maximum absolute atomic E-state index is 14.0. The van der Waals surface area contributed by atoms with Gasteiger partial charge in [-0.15, -0.1) is 0 Å². The molecule has 1 N–H and O–H groups in total. The maximum atomic E-state index is 14.0. The Kier molecular flexibility index (Phi) is 4.22. The van der Waals surface area contributed by atoms with Gasteiger partial charge in [0, 0.05) is 24.2 Å².